The minimum Gasteiger partial charge on any atom is -0.380 e. The van der Waals surface area contributed by atoms with Crippen molar-refractivity contribution >= 4 is 5.69 Å². The summed E-state index contributed by atoms with van der Waals surface area (Å²) < 4.78 is 1.85. The van der Waals surface area contributed by atoms with Crippen molar-refractivity contribution in [1.29, 1.82) is 0 Å². The molecule has 0 spiro atoms. The van der Waals surface area contributed by atoms with Crippen molar-refractivity contribution in [2.45, 2.75) is 45.2 Å². The normalized spacial score (nSPS) is 22.7. The fraction of sp³-hybridized carbons (Fsp3) is 0.769. The molecule has 1 aliphatic rings. The second-order valence-corrected chi connectivity index (χ2v) is 5.30. The van der Waals surface area contributed by atoms with E-state index in [4.69, 9.17) is 0 Å². The average Bonchev–Trinajstić information content (AvgIpc) is 2.54. The van der Waals surface area contributed by atoms with Crippen LogP contribution in [-0.4, -0.2) is 39.9 Å². The molecular weight excluding hydrogens is 212 g/mol. The van der Waals surface area contributed by atoms with Gasteiger partial charge >= 0.3 is 0 Å². The first-order chi connectivity index (χ1) is 8.15. The molecule has 1 aromatic rings. The summed E-state index contributed by atoms with van der Waals surface area (Å²) >= 11 is 0. The highest BCUT2D eigenvalue weighted by Gasteiger charge is 2.18. The summed E-state index contributed by atoms with van der Waals surface area (Å²) in [5, 5.41) is 7.78. The zero-order chi connectivity index (χ0) is 12.3. The Kier molecular flexibility index (Phi) is 4.05. The molecule has 4 nitrogen and oxygen atoms in total. The molecule has 2 heterocycles. The first kappa shape index (κ1) is 12.4. The molecule has 0 aliphatic carbocycles. The smallest absolute Gasteiger partial charge is 0.0728 e. The predicted molar refractivity (Wildman–Crippen MR) is 71.2 cm³/mol. The summed E-state index contributed by atoms with van der Waals surface area (Å²) in [5.41, 5.74) is 1.15. The van der Waals surface area contributed by atoms with Gasteiger partial charge in [-0.3, -0.25) is 4.68 Å². The third kappa shape index (κ3) is 3.46. The molecule has 1 unspecified atom stereocenters. The minimum atomic E-state index is 0.600. The van der Waals surface area contributed by atoms with Crippen molar-refractivity contribution in [3.8, 4) is 0 Å². The molecule has 1 N–H and O–H groups in total. The number of aromatic nitrogens is 2. The van der Waals surface area contributed by atoms with Gasteiger partial charge in [-0.25, -0.2) is 0 Å². The van der Waals surface area contributed by atoms with Crippen LogP contribution >= 0.6 is 0 Å². The van der Waals surface area contributed by atoms with E-state index in [0.29, 0.717) is 12.1 Å². The lowest BCUT2D eigenvalue weighted by atomic mass is 10.1. The van der Waals surface area contributed by atoms with E-state index in [-0.39, 0.29) is 0 Å². The van der Waals surface area contributed by atoms with Crippen LogP contribution in [0.1, 0.15) is 33.1 Å². The summed E-state index contributed by atoms with van der Waals surface area (Å²) in [4.78, 5) is 2.57. The van der Waals surface area contributed by atoms with Gasteiger partial charge < -0.3 is 10.2 Å². The Morgan fingerprint density at radius 3 is 2.82 bits per heavy atom. The van der Waals surface area contributed by atoms with E-state index < -0.39 is 0 Å². The van der Waals surface area contributed by atoms with Gasteiger partial charge in [-0.2, -0.15) is 5.10 Å². The van der Waals surface area contributed by atoms with E-state index in [0.717, 1.165) is 5.69 Å². The fourth-order valence-corrected chi connectivity index (χ4v) is 2.51. The molecule has 17 heavy (non-hydrogen) atoms. The quantitative estimate of drug-likeness (QED) is 0.872. The standard InChI is InChI=1S/C13H24N4/c1-11(2)17-7-4-5-12(6-8-17)15-13-9-14-16(3)10-13/h9-12,15H,4-8H2,1-3H3. The molecule has 1 atom stereocenters. The van der Waals surface area contributed by atoms with E-state index in [1.165, 1.54) is 32.4 Å². The van der Waals surface area contributed by atoms with Crippen LogP contribution in [-0.2, 0) is 7.05 Å². The van der Waals surface area contributed by atoms with Gasteiger partial charge in [0, 0.05) is 31.9 Å². The van der Waals surface area contributed by atoms with Crippen molar-refractivity contribution < 1.29 is 0 Å². The molecule has 0 aromatic carbocycles. The molecule has 2 rings (SSSR count). The van der Waals surface area contributed by atoms with Gasteiger partial charge in [0.2, 0.25) is 0 Å². The van der Waals surface area contributed by atoms with E-state index in [1.54, 1.807) is 0 Å². The van der Waals surface area contributed by atoms with Gasteiger partial charge in [0.25, 0.3) is 0 Å². The van der Waals surface area contributed by atoms with Crippen molar-refractivity contribution in [2.75, 3.05) is 18.4 Å². The lowest BCUT2D eigenvalue weighted by Gasteiger charge is -2.24. The monoisotopic (exact) mass is 236 g/mol. The number of likely N-dealkylation sites (tertiary alicyclic amines) is 1. The second-order valence-electron chi connectivity index (χ2n) is 5.30. The molecule has 1 fully saturated rings. The molecular formula is C13H24N4. The number of anilines is 1. The second kappa shape index (κ2) is 5.54. The van der Waals surface area contributed by atoms with Crippen molar-refractivity contribution in [3.63, 3.8) is 0 Å². The van der Waals surface area contributed by atoms with Crippen LogP contribution in [0.2, 0.25) is 0 Å². The Hall–Kier alpha value is -1.03. The molecule has 0 bridgehead atoms. The lowest BCUT2D eigenvalue weighted by Crippen LogP contribution is -2.32. The predicted octanol–water partition coefficient (Wildman–Crippen LogP) is 2.09. The van der Waals surface area contributed by atoms with Gasteiger partial charge in [0.1, 0.15) is 0 Å². The Labute approximate surface area is 104 Å². The van der Waals surface area contributed by atoms with Crippen LogP contribution in [0.5, 0.6) is 0 Å². The number of nitrogens with zero attached hydrogens (tertiary/aromatic N) is 3. The van der Waals surface area contributed by atoms with E-state index in [2.05, 4.69) is 29.2 Å². The maximum Gasteiger partial charge on any atom is 0.0728 e. The Bertz CT molecular complexity index is 345. The molecule has 0 saturated carbocycles. The van der Waals surface area contributed by atoms with E-state index in [9.17, 15) is 0 Å². The van der Waals surface area contributed by atoms with Crippen molar-refractivity contribution in [2.24, 2.45) is 7.05 Å². The first-order valence-corrected chi connectivity index (χ1v) is 6.64. The van der Waals surface area contributed by atoms with Crippen LogP contribution in [0.3, 0.4) is 0 Å². The largest absolute Gasteiger partial charge is 0.380 e. The van der Waals surface area contributed by atoms with Crippen LogP contribution in [0.15, 0.2) is 12.4 Å². The third-order valence-electron chi connectivity index (χ3n) is 3.57. The summed E-state index contributed by atoms with van der Waals surface area (Å²) in [6, 6.07) is 1.27. The molecule has 1 aromatic heterocycles. The first-order valence-electron chi connectivity index (χ1n) is 6.64. The number of rotatable bonds is 3. The highest BCUT2D eigenvalue weighted by molar-refractivity contribution is 5.39. The molecule has 1 aliphatic heterocycles. The topological polar surface area (TPSA) is 33.1 Å². The van der Waals surface area contributed by atoms with Gasteiger partial charge in [-0.05, 0) is 39.7 Å². The summed E-state index contributed by atoms with van der Waals surface area (Å²) in [7, 11) is 1.96. The molecule has 0 amide bonds. The average molecular weight is 236 g/mol. The van der Waals surface area contributed by atoms with E-state index in [1.807, 2.05) is 24.1 Å². The highest BCUT2D eigenvalue weighted by Crippen LogP contribution is 2.17. The van der Waals surface area contributed by atoms with Gasteiger partial charge in [-0.1, -0.05) is 0 Å². The van der Waals surface area contributed by atoms with Gasteiger partial charge in [0.15, 0.2) is 0 Å². The van der Waals surface area contributed by atoms with Crippen LogP contribution in [0, 0.1) is 0 Å². The SMILES string of the molecule is CC(C)N1CCCC(Nc2cnn(C)c2)CC1. The Morgan fingerprint density at radius 1 is 1.35 bits per heavy atom. The number of hydrogen-bond acceptors (Lipinski definition) is 3. The molecule has 0 radical (unpaired) electrons. The van der Waals surface area contributed by atoms with Crippen molar-refractivity contribution in [3.05, 3.63) is 12.4 Å². The summed E-state index contributed by atoms with van der Waals surface area (Å²) in [6.45, 7) is 7.02. The Morgan fingerprint density at radius 2 is 2.18 bits per heavy atom. The molecule has 96 valence electrons. The zero-order valence-electron chi connectivity index (χ0n) is 11.2. The van der Waals surface area contributed by atoms with Crippen molar-refractivity contribution in [1.82, 2.24) is 14.7 Å². The van der Waals surface area contributed by atoms with Gasteiger partial charge in [-0.15, -0.1) is 0 Å². The minimum absolute atomic E-state index is 0.600. The zero-order valence-corrected chi connectivity index (χ0v) is 11.2. The maximum atomic E-state index is 4.19. The summed E-state index contributed by atoms with van der Waals surface area (Å²) in [6.07, 6.45) is 7.73. The molecule has 1 saturated heterocycles. The number of aryl methyl sites for hydroxylation is 1. The number of hydrogen-bond donors (Lipinski definition) is 1. The number of nitrogens with one attached hydrogen (secondary N) is 1. The maximum absolute atomic E-state index is 4.19. The third-order valence-corrected chi connectivity index (χ3v) is 3.57. The fourth-order valence-electron chi connectivity index (χ4n) is 2.51. The van der Waals surface area contributed by atoms with Crippen LogP contribution < -0.4 is 5.32 Å². The van der Waals surface area contributed by atoms with Gasteiger partial charge in [0.05, 0.1) is 11.9 Å². The lowest BCUT2D eigenvalue weighted by molar-refractivity contribution is 0.230. The molecule has 4 heteroatoms. The summed E-state index contributed by atoms with van der Waals surface area (Å²) in [5.74, 6) is 0. The Balaban J connectivity index is 1.86. The van der Waals surface area contributed by atoms with Crippen LogP contribution in [0.4, 0.5) is 5.69 Å². The van der Waals surface area contributed by atoms with Crippen LogP contribution in [0.25, 0.3) is 0 Å². The highest BCUT2D eigenvalue weighted by atomic mass is 15.3. The van der Waals surface area contributed by atoms with E-state index >= 15 is 0 Å².